The van der Waals surface area contributed by atoms with Crippen molar-refractivity contribution in [3.05, 3.63) is 0 Å². The van der Waals surface area contributed by atoms with Gasteiger partial charge in [-0.15, -0.1) is 12.4 Å². The first kappa shape index (κ1) is 8.31. The molecule has 1 saturated carbocycles. The van der Waals surface area contributed by atoms with Gasteiger partial charge in [0.05, 0.1) is 6.10 Å². The van der Waals surface area contributed by atoms with E-state index < -0.39 is 0 Å². The summed E-state index contributed by atoms with van der Waals surface area (Å²) in [4.78, 5) is 0. The summed E-state index contributed by atoms with van der Waals surface area (Å²) in [7, 11) is 1.82. The Balaban J connectivity index is 0.000000500. The molecule has 1 unspecified atom stereocenters. The molecular formula is C7H14ClNO. The smallest absolute Gasteiger partial charge is 0.0652 e. The molecule has 1 aliphatic heterocycles. The van der Waals surface area contributed by atoms with Crippen molar-refractivity contribution < 1.29 is 4.74 Å². The van der Waals surface area contributed by atoms with Gasteiger partial charge < -0.3 is 10.1 Å². The average Bonchev–Trinajstić information content (AvgIpc) is 1.59. The Bertz CT molecular complexity index is 117. The highest BCUT2D eigenvalue weighted by Gasteiger charge is 2.51. The van der Waals surface area contributed by atoms with Crippen LogP contribution in [0.1, 0.15) is 12.8 Å². The zero-order valence-electron chi connectivity index (χ0n) is 6.22. The fraction of sp³-hybridized carbons (Fsp3) is 1.00. The molecule has 1 N–H and O–H groups in total. The quantitative estimate of drug-likeness (QED) is 0.618. The summed E-state index contributed by atoms with van der Waals surface area (Å²) in [5.41, 5.74) is 0.578. The Labute approximate surface area is 67.7 Å². The Kier molecular flexibility index (Phi) is 2.23. The molecule has 10 heavy (non-hydrogen) atoms. The highest BCUT2D eigenvalue weighted by molar-refractivity contribution is 5.85. The normalized spacial score (nSPS) is 33.9. The van der Waals surface area contributed by atoms with E-state index >= 15 is 0 Å². The summed E-state index contributed by atoms with van der Waals surface area (Å²) in [6.07, 6.45) is 3.22. The van der Waals surface area contributed by atoms with Crippen LogP contribution in [-0.4, -0.2) is 26.3 Å². The van der Waals surface area contributed by atoms with E-state index in [9.17, 15) is 0 Å². The lowest BCUT2D eigenvalue weighted by Gasteiger charge is -2.55. The van der Waals surface area contributed by atoms with E-state index in [4.69, 9.17) is 4.74 Å². The molecule has 0 aromatic rings. The first-order chi connectivity index (χ1) is 4.37. The standard InChI is InChI=1S/C7H13NO.ClH/c1-9-6-2-3-7(6)4-8-5-7;/h6,8H,2-5H2,1H3;1H. The lowest BCUT2D eigenvalue weighted by Crippen LogP contribution is -2.65. The maximum absolute atomic E-state index is 5.30. The minimum Gasteiger partial charge on any atom is -0.381 e. The summed E-state index contributed by atoms with van der Waals surface area (Å²) in [6, 6.07) is 0. The van der Waals surface area contributed by atoms with Gasteiger partial charge in [-0.05, 0) is 12.8 Å². The van der Waals surface area contributed by atoms with Gasteiger partial charge in [-0.1, -0.05) is 0 Å². The van der Waals surface area contributed by atoms with Crippen LogP contribution in [0.15, 0.2) is 0 Å². The molecule has 1 atom stereocenters. The molecule has 0 aromatic carbocycles. The van der Waals surface area contributed by atoms with Gasteiger partial charge in [-0.25, -0.2) is 0 Å². The van der Waals surface area contributed by atoms with Crippen LogP contribution in [0.4, 0.5) is 0 Å². The minimum absolute atomic E-state index is 0. The lowest BCUT2D eigenvalue weighted by molar-refractivity contribution is -0.118. The zero-order valence-corrected chi connectivity index (χ0v) is 7.04. The number of ether oxygens (including phenoxy) is 1. The summed E-state index contributed by atoms with van der Waals surface area (Å²) < 4.78 is 5.30. The molecule has 1 aliphatic carbocycles. The SMILES string of the molecule is COC1CCC12CNC2.Cl. The van der Waals surface area contributed by atoms with E-state index in [0.717, 1.165) is 0 Å². The third kappa shape index (κ3) is 0.865. The predicted molar refractivity (Wildman–Crippen MR) is 42.6 cm³/mol. The minimum atomic E-state index is 0. The van der Waals surface area contributed by atoms with Gasteiger partial charge in [0.25, 0.3) is 0 Å². The molecule has 3 heteroatoms. The third-order valence-corrected chi connectivity index (χ3v) is 2.83. The van der Waals surface area contributed by atoms with Crippen molar-refractivity contribution in [1.82, 2.24) is 5.32 Å². The summed E-state index contributed by atoms with van der Waals surface area (Å²) in [5, 5.41) is 3.29. The van der Waals surface area contributed by atoms with Crippen molar-refractivity contribution in [3.8, 4) is 0 Å². The van der Waals surface area contributed by atoms with Gasteiger partial charge in [-0.2, -0.15) is 0 Å². The fourth-order valence-corrected chi connectivity index (χ4v) is 1.89. The van der Waals surface area contributed by atoms with Crippen molar-refractivity contribution in [1.29, 1.82) is 0 Å². The average molecular weight is 164 g/mol. The Morgan fingerprint density at radius 3 is 2.30 bits per heavy atom. The number of hydrogen-bond donors (Lipinski definition) is 1. The number of rotatable bonds is 1. The predicted octanol–water partition coefficient (Wildman–Crippen LogP) is 0.807. The molecule has 2 aliphatic rings. The first-order valence-corrected chi connectivity index (χ1v) is 3.61. The van der Waals surface area contributed by atoms with Crippen LogP contribution < -0.4 is 5.32 Å². The van der Waals surface area contributed by atoms with E-state index in [1.807, 2.05) is 7.11 Å². The fourth-order valence-electron chi connectivity index (χ4n) is 1.89. The van der Waals surface area contributed by atoms with Crippen molar-refractivity contribution in [2.75, 3.05) is 20.2 Å². The number of methoxy groups -OCH3 is 1. The molecule has 0 amide bonds. The van der Waals surface area contributed by atoms with Gasteiger partial charge in [0, 0.05) is 25.6 Å². The van der Waals surface area contributed by atoms with Crippen LogP contribution >= 0.6 is 12.4 Å². The van der Waals surface area contributed by atoms with E-state index in [1.54, 1.807) is 0 Å². The van der Waals surface area contributed by atoms with Crippen molar-refractivity contribution in [3.63, 3.8) is 0 Å². The van der Waals surface area contributed by atoms with Crippen LogP contribution in [0.3, 0.4) is 0 Å². The van der Waals surface area contributed by atoms with Crippen LogP contribution in [0.2, 0.25) is 0 Å². The van der Waals surface area contributed by atoms with Crippen LogP contribution in [0.5, 0.6) is 0 Å². The summed E-state index contributed by atoms with van der Waals surface area (Å²) in [5.74, 6) is 0. The van der Waals surface area contributed by atoms with E-state index in [0.29, 0.717) is 11.5 Å². The van der Waals surface area contributed by atoms with Gasteiger partial charge in [0.2, 0.25) is 0 Å². The highest BCUT2D eigenvalue weighted by atomic mass is 35.5. The summed E-state index contributed by atoms with van der Waals surface area (Å²) >= 11 is 0. The van der Waals surface area contributed by atoms with Crippen molar-refractivity contribution >= 4 is 12.4 Å². The van der Waals surface area contributed by atoms with Gasteiger partial charge in [0.1, 0.15) is 0 Å². The molecule has 2 rings (SSSR count). The number of hydrogen-bond acceptors (Lipinski definition) is 2. The number of halogens is 1. The maximum atomic E-state index is 5.30. The second kappa shape index (κ2) is 2.68. The molecule has 1 heterocycles. The van der Waals surface area contributed by atoms with Crippen LogP contribution in [-0.2, 0) is 4.74 Å². The zero-order chi connectivity index (χ0) is 6.32. The number of nitrogens with one attached hydrogen (secondary N) is 1. The third-order valence-electron chi connectivity index (χ3n) is 2.83. The molecule has 1 saturated heterocycles. The van der Waals surface area contributed by atoms with Crippen molar-refractivity contribution in [2.24, 2.45) is 5.41 Å². The van der Waals surface area contributed by atoms with Crippen LogP contribution in [0.25, 0.3) is 0 Å². The monoisotopic (exact) mass is 163 g/mol. The van der Waals surface area contributed by atoms with E-state index in [1.165, 1.54) is 25.9 Å². The molecule has 1 spiro atoms. The topological polar surface area (TPSA) is 21.3 Å². The van der Waals surface area contributed by atoms with Gasteiger partial charge >= 0.3 is 0 Å². The molecule has 2 fully saturated rings. The molecule has 2 nitrogen and oxygen atoms in total. The Morgan fingerprint density at radius 2 is 2.20 bits per heavy atom. The lowest BCUT2D eigenvalue weighted by atomic mass is 9.62. The Hall–Kier alpha value is 0.210. The molecule has 60 valence electrons. The largest absolute Gasteiger partial charge is 0.381 e. The van der Waals surface area contributed by atoms with Gasteiger partial charge in [0.15, 0.2) is 0 Å². The van der Waals surface area contributed by atoms with E-state index in [-0.39, 0.29) is 12.4 Å². The molecule has 0 radical (unpaired) electrons. The van der Waals surface area contributed by atoms with E-state index in [2.05, 4.69) is 5.32 Å². The second-order valence-electron chi connectivity index (χ2n) is 3.23. The molecule has 0 bridgehead atoms. The summed E-state index contributed by atoms with van der Waals surface area (Å²) in [6.45, 7) is 2.37. The first-order valence-electron chi connectivity index (χ1n) is 3.61. The van der Waals surface area contributed by atoms with Gasteiger partial charge in [-0.3, -0.25) is 0 Å². The maximum Gasteiger partial charge on any atom is 0.0652 e. The van der Waals surface area contributed by atoms with Crippen molar-refractivity contribution in [2.45, 2.75) is 18.9 Å². The highest BCUT2D eigenvalue weighted by Crippen LogP contribution is 2.45. The molecular weight excluding hydrogens is 150 g/mol. The van der Waals surface area contributed by atoms with Crippen LogP contribution in [0, 0.1) is 5.41 Å². The second-order valence-corrected chi connectivity index (χ2v) is 3.23. The molecule has 0 aromatic heterocycles. The Morgan fingerprint density at radius 1 is 1.50 bits per heavy atom.